The van der Waals surface area contributed by atoms with E-state index in [1.165, 1.54) is 0 Å². The Bertz CT molecular complexity index is 949. The van der Waals surface area contributed by atoms with Crippen LogP contribution in [0, 0.1) is 10.8 Å². The van der Waals surface area contributed by atoms with E-state index in [2.05, 4.69) is 0 Å². The smallest absolute Gasteiger partial charge is 0.332 e. The summed E-state index contributed by atoms with van der Waals surface area (Å²) in [6, 6.07) is 0. The Morgan fingerprint density at radius 3 is 0.658 bits per heavy atom. The Balaban J connectivity index is 2.96. The second-order valence-corrected chi connectivity index (χ2v) is 8.49. The van der Waals surface area contributed by atoms with Crippen molar-refractivity contribution in [3.8, 4) is 0 Å². The molecule has 4 aliphatic rings. The summed E-state index contributed by atoms with van der Waals surface area (Å²) in [6.07, 6.45) is -16.4. The quantitative estimate of drug-likeness (QED) is 0.398. The molecule has 4 saturated carbocycles. The second kappa shape index (κ2) is 6.16. The summed E-state index contributed by atoms with van der Waals surface area (Å²) in [5, 5.41) is 16.1. The van der Waals surface area contributed by atoms with Gasteiger partial charge in [-0.25, -0.2) is 52.7 Å². The molecule has 38 heavy (non-hydrogen) atoms. The molecule has 2 N–H and O–H groups in total. The lowest BCUT2D eigenvalue weighted by atomic mass is 9.30. The Morgan fingerprint density at radius 1 is 0.316 bits per heavy atom. The van der Waals surface area contributed by atoms with Gasteiger partial charge in [0.25, 0.3) is 5.92 Å². The Hall–Kier alpha value is -1.62. The topological polar surface area (TPSA) is 40.5 Å². The van der Waals surface area contributed by atoms with Crippen LogP contribution >= 0.6 is 0 Å². The van der Waals surface area contributed by atoms with Crippen molar-refractivity contribution < 1.29 is 107 Å². The SMILES string of the molecule is OC(F)(F)C(F)(F)C12C(F)(F)C3(F)C(F)(F)C(F)(C1(F)F)C(F)(F)C(C(F)(F)C(O)(F)F)(C3(F)F)C2(F)F. The number of halogens is 22. The zero-order valence-electron chi connectivity index (χ0n) is 16.2. The molecule has 24 heteroatoms. The van der Waals surface area contributed by atoms with Crippen LogP contribution in [-0.2, 0) is 0 Å². The molecule has 0 aromatic rings. The first kappa shape index (κ1) is 30.9. The van der Waals surface area contributed by atoms with Gasteiger partial charge in [0.15, 0.2) is 0 Å². The van der Waals surface area contributed by atoms with E-state index in [9.17, 15) is 79.0 Å². The molecule has 0 spiro atoms. The van der Waals surface area contributed by atoms with Crippen molar-refractivity contribution in [3.05, 3.63) is 0 Å². The maximum absolute atomic E-state index is 15.1. The molecule has 2 nitrogen and oxygen atoms in total. The molecular weight excluding hydrogens is 618 g/mol. The fraction of sp³-hybridized carbons (Fsp3) is 1.00. The van der Waals surface area contributed by atoms with Crippen LogP contribution in [0.1, 0.15) is 0 Å². The maximum Gasteiger partial charge on any atom is 0.418 e. The van der Waals surface area contributed by atoms with Crippen molar-refractivity contribution in [2.75, 3.05) is 0 Å². The average Bonchev–Trinajstić information content (AvgIpc) is 2.60. The average molecular weight is 620 g/mol. The van der Waals surface area contributed by atoms with E-state index in [4.69, 9.17) is 10.2 Å². The summed E-state index contributed by atoms with van der Waals surface area (Å²) in [4.78, 5) is 0. The first-order chi connectivity index (χ1) is 16.0. The van der Waals surface area contributed by atoms with E-state index in [0.29, 0.717) is 0 Å². The number of hydrogen-bond acceptors (Lipinski definition) is 2. The van der Waals surface area contributed by atoms with Crippen molar-refractivity contribution in [3.63, 3.8) is 0 Å². The number of aliphatic hydroxyl groups is 2. The summed E-state index contributed by atoms with van der Waals surface area (Å²) >= 11 is 0. The monoisotopic (exact) mass is 620 g/mol. The zero-order valence-corrected chi connectivity index (χ0v) is 16.2. The van der Waals surface area contributed by atoms with Crippen molar-refractivity contribution in [2.45, 2.75) is 70.9 Å². The lowest BCUT2D eigenvalue weighted by Crippen LogP contribution is -3.10. The van der Waals surface area contributed by atoms with Crippen LogP contribution in [0.25, 0.3) is 0 Å². The van der Waals surface area contributed by atoms with Gasteiger partial charge in [0.05, 0.1) is 0 Å². The molecule has 4 bridgehead atoms. The van der Waals surface area contributed by atoms with Crippen LogP contribution in [0.2, 0.25) is 0 Å². The van der Waals surface area contributed by atoms with Crippen molar-refractivity contribution in [2.24, 2.45) is 10.8 Å². The molecule has 224 valence electrons. The van der Waals surface area contributed by atoms with Gasteiger partial charge in [-0.15, -0.1) is 0 Å². The minimum Gasteiger partial charge on any atom is -0.332 e. The third kappa shape index (κ3) is 1.89. The standard InChI is InChI=1S/C14H2F22O2/c15-3-6(19,20)1(10(27,28)13(33,34)37)5(17,18)2(8(3,23)24,11(29,30)14(35,36)38)9(25,26)4(16,7(1,21)22)12(3,31)32/h37-38H. The minimum atomic E-state index is -9.56. The van der Waals surface area contributed by atoms with E-state index in [1.807, 2.05) is 0 Å². The van der Waals surface area contributed by atoms with Crippen LogP contribution < -0.4 is 0 Å². The zero-order chi connectivity index (χ0) is 31.0. The van der Waals surface area contributed by atoms with Gasteiger partial charge in [0.2, 0.25) is 10.8 Å². The van der Waals surface area contributed by atoms with Gasteiger partial charge in [0, 0.05) is 0 Å². The van der Waals surface area contributed by atoms with Gasteiger partial charge in [0.1, 0.15) is 0 Å². The normalized spacial score (nSPS) is 42.3. The number of alkyl halides is 22. The van der Waals surface area contributed by atoms with Crippen LogP contribution in [-0.4, -0.2) is 81.1 Å². The molecule has 0 aliphatic heterocycles. The lowest BCUT2D eigenvalue weighted by Gasteiger charge is -2.78. The molecule has 0 saturated heterocycles. The van der Waals surface area contributed by atoms with Crippen LogP contribution in [0.5, 0.6) is 0 Å². The maximum atomic E-state index is 15.1. The molecule has 0 radical (unpaired) electrons. The summed E-state index contributed by atoms with van der Waals surface area (Å²) in [7, 11) is 0. The van der Waals surface area contributed by atoms with Crippen molar-refractivity contribution in [1.29, 1.82) is 0 Å². The van der Waals surface area contributed by atoms with Crippen LogP contribution in [0.3, 0.4) is 0 Å². The first-order valence-corrected chi connectivity index (χ1v) is 8.60. The van der Waals surface area contributed by atoms with Crippen LogP contribution in [0.15, 0.2) is 0 Å². The Morgan fingerprint density at radius 2 is 0.500 bits per heavy atom. The van der Waals surface area contributed by atoms with E-state index in [0.717, 1.165) is 0 Å². The number of hydrogen-bond donors (Lipinski definition) is 2. The second-order valence-electron chi connectivity index (χ2n) is 8.49. The molecule has 0 aromatic heterocycles. The molecule has 0 unspecified atom stereocenters. The molecule has 0 amide bonds. The van der Waals surface area contributed by atoms with Crippen molar-refractivity contribution in [1.82, 2.24) is 0 Å². The van der Waals surface area contributed by atoms with E-state index < -0.39 is 81.8 Å². The lowest BCUT2D eigenvalue weighted by molar-refractivity contribution is -0.663. The van der Waals surface area contributed by atoms with Gasteiger partial charge in [-0.2, -0.15) is 43.9 Å². The summed E-state index contributed by atoms with van der Waals surface area (Å²) in [6.45, 7) is 0. The predicted octanol–water partition coefficient (Wildman–Crippen LogP) is 5.67. The third-order valence-electron chi connectivity index (χ3n) is 7.12. The van der Waals surface area contributed by atoms with Gasteiger partial charge in [-0.3, -0.25) is 0 Å². The van der Waals surface area contributed by atoms with Gasteiger partial charge in [-0.1, -0.05) is 0 Å². The first-order valence-electron chi connectivity index (χ1n) is 8.60. The highest BCUT2D eigenvalue weighted by Crippen LogP contribution is 2.96. The summed E-state index contributed by atoms with van der Waals surface area (Å²) < 4.78 is 316. The highest BCUT2D eigenvalue weighted by molar-refractivity contribution is 5.54. The van der Waals surface area contributed by atoms with Crippen LogP contribution in [0.4, 0.5) is 96.6 Å². The molecule has 4 aliphatic carbocycles. The number of rotatable bonds is 4. The highest BCUT2D eigenvalue weighted by atomic mass is 19.4. The fourth-order valence-electron chi connectivity index (χ4n) is 5.55. The largest absolute Gasteiger partial charge is 0.418 e. The molecule has 0 aromatic carbocycles. The summed E-state index contributed by atoms with van der Waals surface area (Å²) in [5.41, 5.74) is -36.9. The summed E-state index contributed by atoms with van der Waals surface area (Å²) in [5.74, 6) is -73.5. The molecule has 0 atom stereocenters. The van der Waals surface area contributed by atoms with E-state index in [-0.39, 0.29) is 0 Å². The molecule has 4 fully saturated rings. The van der Waals surface area contributed by atoms with Crippen molar-refractivity contribution >= 4 is 0 Å². The Kier molecular flexibility index (Phi) is 5.01. The van der Waals surface area contributed by atoms with E-state index in [1.54, 1.807) is 0 Å². The highest BCUT2D eigenvalue weighted by Gasteiger charge is 3.27. The van der Waals surface area contributed by atoms with E-state index >= 15 is 17.6 Å². The van der Waals surface area contributed by atoms with Gasteiger partial charge in [-0.05, 0) is 0 Å². The Labute approximate surface area is 190 Å². The molecule has 0 heterocycles. The molecule has 4 rings (SSSR count). The fourth-order valence-corrected chi connectivity index (χ4v) is 5.55. The predicted molar refractivity (Wildman–Crippen MR) is 66.5 cm³/mol. The minimum absolute atomic E-state index is 8.03. The van der Waals surface area contributed by atoms with Gasteiger partial charge < -0.3 is 10.2 Å². The van der Waals surface area contributed by atoms with Gasteiger partial charge >= 0.3 is 65.0 Å². The third-order valence-corrected chi connectivity index (χ3v) is 7.12. The molecular formula is C14H2F22O2.